The van der Waals surface area contributed by atoms with Gasteiger partial charge >= 0.3 is 0 Å². The maximum Gasteiger partial charge on any atom is 0.272 e. The number of hydrogen-bond donors (Lipinski definition) is 2. The van der Waals surface area contributed by atoms with Gasteiger partial charge < -0.3 is 15.5 Å². The molecule has 0 aliphatic carbocycles. The lowest BCUT2D eigenvalue weighted by molar-refractivity contribution is -0.117. The van der Waals surface area contributed by atoms with Gasteiger partial charge in [0.25, 0.3) is 11.8 Å². The Balaban J connectivity index is 1.37. The van der Waals surface area contributed by atoms with E-state index in [0.717, 1.165) is 27.5 Å². The zero-order chi connectivity index (χ0) is 33.9. The zero-order valence-electron chi connectivity index (χ0n) is 27.2. The number of amides is 3. The fourth-order valence-electron chi connectivity index (χ4n) is 5.00. The second kappa shape index (κ2) is 16.3. The Hall–Kier alpha value is -5.60. The molecule has 242 valence electrons. The van der Waals surface area contributed by atoms with Gasteiger partial charge in [0.2, 0.25) is 5.91 Å². The second-order valence-corrected chi connectivity index (χ2v) is 12.5. The van der Waals surface area contributed by atoms with Crippen LogP contribution in [-0.2, 0) is 9.59 Å². The molecule has 0 aliphatic heterocycles. The standard InChI is InChI=1S/C40H38N4O3S/c1-4-37(40(47)44(33-18-10-6-11-19-33)34-20-12-7-13-21-34)48-35-22-14-17-31(28-35)41-39(46)36(42-38(45)30-15-8-5-9-16-30)27-29-23-25-32(26-24-29)43(2)3/h5-28,37H,4H2,1-3H3,(H,41,46)(H,42,45)/b36-27+. The molecule has 0 heterocycles. The first-order valence-electron chi connectivity index (χ1n) is 15.7. The number of nitrogens with zero attached hydrogens (tertiary/aromatic N) is 2. The van der Waals surface area contributed by atoms with E-state index in [2.05, 4.69) is 10.6 Å². The van der Waals surface area contributed by atoms with Crippen molar-refractivity contribution in [3.05, 3.63) is 156 Å². The Labute approximate surface area is 286 Å². The van der Waals surface area contributed by atoms with E-state index in [1.807, 2.05) is 135 Å². The van der Waals surface area contributed by atoms with Crippen molar-refractivity contribution in [2.24, 2.45) is 0 Å². The molecule has 0 aromatic heterocycles. The fourth-order valence-corrected chi connectivity index (χ4v) is 6.05. The fraction of sp³-hybridized carbons (Fsp3) is 0.125. The summed E-state index contributed by atoms with van der Waals surface area (Å²) < 4.78 is 0. The molecule has 0 fully saturated rings. The van der Waals surface area contributed by atoms with Gasteiger partial charge in [0, 0.05) is 47.3 Å². The highest BCUT2D eigenvalue weighted by molar-refractivity contribution is 8.00. The zero-order valence-corrected chi connectivity index (χ0v) is 28.0. The van der Waals surface area contributed by atoms with E-state index in [4.69, 9.17) is 0 Å². The van der Waals surface area contributed by atoms with Crippen LogP contribution in [0.25, 0.3) is 6.08 Å². The molecule has 48 heavy (non-hydrogen) atoms. The van der Waals surface area contributed by atoms with Gasteiger partial charge in [0.15, 0.2) is 0 Å². The molecule has 0 saturated heterocycles. The Bertz CT molecular complexity index is 1820. The third-order valence-corrected chi connectivity index (χ3v) is 8.86. The van der Waals surface area contributed by atoms with Crippen LogP contribution < -0.4 is 20.4 Å². The van der Waals surface area contributed by atoms with Crippen LogP contribution in [0.3, 0.4) is 0 Å². The molecule has 8 heteroatoms. The number of benzene rings is 5. The predicted octanol–water partition coefficient (Wildman–Crippen LogP) is 8.40. The predicted molar refractivity (Wildman–Crippen MR) is 198 cm³/mol. The maximum atomic E-state index is 14.1. The van der Waals surface area contributed by atoms with Crippen LogP contribution in [0.4, 0.5) is 22.7 Å². The summed E-state index contributed by atoms with van der Waals surface area (Å²) in [6.45, 7) is 1.99. The molecule has 7 nitrogen and oxygen atoms in total. The molecule has 1 atom stereocenters. The van der Waals surface area contributed by atoms with Gasteiger partial charge in [0.1, 0.15) is 5.70 Å². The van der Waals surface area contributed by atoms with Crippen LogP contribution in [0.5, 0.6) is 0 Å². The molecule has 1 unspecified atom stereocenters. The van der Waals surface area contributed by atoms with E-state index in [1.165, 1.54) is 11.8 Å². The monoisotopic (exact) mass is 654 g/mol. The van der Waals surface area contributed by atoms with Crippen LogP contribution in [0.15, 0.2) is 150 Å². The van der Waals surface area contributed by atoms with Crippen molar-refractivity contribution >= 4 is 58.3 Å². The molecule has 5 aromatic carbocycles. The second-order valence-electron chi connectivity index (χ2n) is 11.2. The smallest absolute Gasteiger partial charge is 0.272 e. The molecule has 2 N–H and O–H groups in total. The van der Waals surface area contributed by atoms with Crippen molar-refractivity contribution in [1.82, 2.24) is 5.32 Å². The molecule has 5 aromatic rings. The van der Waals surface area contributed by atoms with E-state index in [1.54, 1.807) is 41.3 Å². The van der Waals surface area contributed by atoms with Crippen LogP contribution >= 0.6 is 11.8 Å². The highest BCUT2D eigenvalue weighted by atomic mass is 32.2. The maximum absolute atomic E-state index is 14.1. The van der Waals surface area contributed by atoms with Gasteiger partial charge in [-0.15, -0.1) is 11.8 Å². The first-order chi connectivity index (χ1) is 23.3. The van der Waals surface area contributed by atoms with Crippen LogP contribution in [0.1, 0.15) is 29.3 Å². The van der Waals surface area contributed by atoms with Crippen molar-refractivity contribution in [1.29, 1.82) is 0 Å². The third-order valence-electron chi connectivity index (χ3n) is 7.51. The molecule has 0 bridgehead atoms. The van der Waals surface area contributed by atoms with Crippen molar-refractivity contribution in [3.8, 4) is 0 Å². The minimum atomic E-state index is -0.472. The minimum absolute atomic E-state index is 0.0385. The Morgan fingerprint density at radius 3 is 1.85 bits per heavy atom. The minimum Gasteiger partial charge on any atom is -0.378 e. The van der Waals surface area contributed by atoms with Crippen molar-refractivity contribution in [2.45, 2.75) is 23.5 Å². The Morgan fingerprint density at radius 2 is 1.29 bits per heavy atom. The molecule has 3 amide bonds. The van der Waals surface area contributed by atoms with Gasteiger partial charge in [-0.25, -0.2) is 0 Å². The Kier molecular flexibility index (Phi) is 11.5. The summed E-state index contributed by atoms with van der Waals surface area (Å²) in [7, 11) is 3.91. The number of para-hydroxylation sites is 2. The average molecular weight is 655 g/mol. The van der Waals surface area contributed by atoms with Gasteiger partial charge in [0.05, 0.1) is 5.25 Å². The van der Waals surface area contributed by atoms with Crippen molar-refractivity contribution in [3.63, 3.8) is 0 Å². The molecule has 0 aliphatic rings. The number of nitrogens with one attached hydrogen (secondary N) is 2. The largest absolute Gasteiger partial charge is 0.378 e. The van der Waals surface area contributed by atoms with Crippen LogP contribution in [0.2, 0.25) is 0 Å². The van der Waals surface area contributed by atoms with Gasteiger partial charge in [-0.2, -0.15) is 0 Å². The average Bonchev–Trinajstić information content (AvgIpc) is 3.12. The number of rotatable bonds is 12. The lowest BCUT2D eigenvalue weighted by Crippen LogP contribution is -2.34. The first kappa shape index (κ1) is 33.8. The number of anilines is 4. The topological polar surface area (TPSA) is 81.8 Å². The summed E-state index contributed by atoms with van der Waals surface area (Å²) in [6.07, 6.45) is 2.25. The molecule has 0 spiro atoms. The quantitative estimate of drug-likeness (QED) is 0.104. The van der Waals surface area contributed by atoms with Gasteiger partial charge in [-0.3, -0.25) is 19.3 Å². The molecular weight excluding hydrogens is 617 g/mol. The lowest BCUT2D eigenvalue weighted by atomic mass is 10.1. The van der Waals surface area contributed by atoms with E-state index in [-0.39, 0.29) is 16.9 Å². The molecule has 0 saturated carbocycles. The molecular formula is C40H38N4O3S. The van der Waals surface area contributed by atoms with Crippen LogP contribution in [-0.4, -0.2) is 37.1 Å². The summed E-state index contributed by atoms with van der Waals surface area (Å²) in [6, 6.07) is 43.1. The molecule has 5 rings (SSSR count). The number of thioether (sulfide) groups is 1. The SMILES string of the molecule is CCC(Sc1cccc(NC(=O)/C(=C\c2ccc(N(C)C)cc2)NC(=O)c2ccccc2)c1)C(=O)N(c1ccccc1)c1ccccc1. The highest BCUT2D eigenvalue weighted by Gasteiger charge is 2.27. The van der Waals surface area contributed by atoms with Crippen LogP contribution in [0, 0.1) is 0 Å². The lowest BCUT2D eigenvalue weighted by Gasteiger charge is -2.27. The van der Waals surface area contributed by atoms with Gasteiger partial charge in [-0.1, -0.05) is 79.7 Å². The summed E-state index contributed by atoms with van der Waals surface area (Å²) in [5.41, 5.74) is 4.44. The third kappa shape index (κ3) is 8.80. The van der Waals surface area contributed by atoms with E-state index in [0.29, 0.717) is 17.7 Å². The first-order valence-corrected chi connectivity index (χ1v) is 16.6. The van der Waals surface area contributed by atoms with E-state index < -0.39 is 11.8 Å². The summed E-state index contributed by atoms with van der Waals surface area (Å²) in [4.78, 5) is 45.4. The van der Waals surface area contributed by atoms with E-state index >= 15 is 0 Å². The number of carbonyl (C=O) groups is 3. The number of hydrogen-bond acceptors (Lipinski definition) is 5. The summed E-state index contributed by atoms with van der Waals surface area (Å²) >= 11 is 1.45. The van der Waals surface area contributed by atoms with E-state index in [9.17, 15) is 14.4 Å². The molecule has 0 radical (unpaired) electrons. The summed E-state index contributed by atoms with van der Waals surface area (Å²) in [5.74, 6) is -0.902. The highest BCUT2D eigenvalue weighted by Crippen LogP contribution is 2.33. The van der Waals surface area contributed by atoms with Gasteiger partial charge in [-0.05, 0) is 84.8 Å². The van der Waals surface area contributed by atoms with Crippen molar-refractivity contribution in [2.75, 3.05) is 29.2 Å². The Morgan fingerprint density at radius 1 is 0.708 bits per heavy atom. The number of carbonyl (C=O) groups excluding carboxylic acids is 3. The summed E-state index contributed by atoms with van der Waals surface area (Å²) in [5, 5.41) is 5.36. The van der Waals surface area contributed by atoms with Crippen molar-refractivity contribution < 1.29 is 14.4 Å². The normalized spacial score (nSPS) is 11.7.